The van der Waals surface area contributed by atoms with Crippen LogP contribution in [0.4, 0.5) is 5.82 Å². The van der Waals surface area contributed by atoms with Crippen LogP contribution in [-0.2, 0) is 6.54 Å². The standard InChI is InChI=1S/C16H14N2O2S/c1-2-4-15-12(3-1)16(18-21-15)17-10-11-5-6-13-14(9-11)20-8-7-19-13/h1-6,9H,7-8,10H2,(H,17,18). The van der Waals surface area contributed by atoms with E-state index in [0.29, 0.717) is 19.8 Å². The van der Waals surface area contributed by atoms with Crippen molar-refractivity contribution in [3.05, 3.63) is 48.0 Å². The van der Waals surface area contributed by atoms with Gasteiger partial charge in [0.25, 0.3) is 0 Å². The summed E-state index contributed by atoms with van der Waals surface area (Å²) in [5, 5.41) is 4.56. The molecule has 0 unspecified atom stereocenters. The van der Waals surface area contributed by atoms with Crippen molar-refractivity contribution in [1.29, 1.82) is 0 Å². The molecule has 1 aliphatic rings. The molecule has 2 aromatic carbocycles. The Morgan fingerprint density at radius 1 is 1.05 bits per heavy atom. The lowest BCUT2D eigenvalue weighted by atomic mass is 10.2. The fourth-order valence-corrected chi connectivity index (χ4v) is 3.15. The van der Waals surface area contributed by atoms with Gasteiger partial charge in [0, 0.05) is 11.9 Å². The van der Waals surface area contributed by atoms with Crippen molar-refractivity contribution < 1.29 is 9.47 Å². The minimum atomic E-state index is 0.612. The van der Waals surface area contributed by atoms with E-state index in [1.807, 2.05) is 24.3 Å². The summed E-state index contributed by atoms with van der Waals surface area (Å²) in [7, 11) is 0. The number of rotatable bonds is 3. The average Bonchev–Trinajstić information content (AvgIpc) is 2.96. The van der Waals surface area contributed by atoms with Crippen LogP contribution in [0.2, 0.25) is 0 Å². The summed E-state index contributed by atoms with van der Waals surface area (Å²) in [6, 6.07) is 14.3. The predicted molar refractivity (Wildman–Crippen MR) is 84.4 cm³/mol. The molecule has 4 rings (SSSR count). The summed E-state index contributed by atoms with van der Waals surface area (Å²) in [4.78, 5) is 0. The van der Waals surface area contributed by atoms with Crippen LogP contribution in [0.1, 0.15) is 5.56 Å². The largest absolute Gasteiger partial charge is 0.486 e. The minimum Gasteiger partial charge on any atom is -0.486 e. The predicted octanol–water partition coefficient (Wildman–Crippen LogP) is 3.68. The highest BCUT2D eigenvalue weighted by Crippen LogP contribution is 2.31. The maximum absolute atomic E-state index is 5.61. The molecule has 0 spiro atoms. The highest BCUT2D eigenvalue weighted by molar-refractivity contribution is 7.13. The van der Waals surface area contributed by atoms with Crippen LogP contribution in [-0.4, -0.2) is 17.6 Å². The Hall–Kier alpha value is -2.27. The van der Waals surface area contributed by atoms with Crippen LogP contribution in [0.5, 0.6) is 11.5 Å². The summed E-state index contributed by atoms with van der Waals surface area (Å²) in [6.07, 6.45) is 0. The normalized spacial score (nSPS) is 13.3. The van der Waals surface area contributed by atoms with Gasteiger partial charge in [-0.25, -0.2) is 0 Å². The van der Waals surface area contributed by atoms with Gasteiger partial charge in [0.15, 0.2) is 11.5 Å². The zero-order chi connectivity index (χ0) is 14.1. The molecule has 0 saturated carbocycles. The lowest BCUT2D eigenvalue weighted by Crippen LogP contribution is -2.15. The Morgan fingerprint density at radius 3 is 2.86 bits per heavy atom. The van der Waals surface area contributed by atoms with Crippen molar-refractivity contribution in [2.75, 3.05) is 18.5 Å². The molecule has 3 aromatic rings. The van der Waals surface area contributed by atoms with E-state index in [0.717, 1.165) is 22.9 Å². The second kappa shape index (κ2) is 5.26. The van der Waals surface area contributed by atoms with Gasteiger partial charge < -0.3 is 14.8 Å². The van der Waals surface area contributed by atoms with Crippen molar-refractivity contribution in [3.63, 3.8) is 0 Å². The first-order valence-electron chi connectivity index (χ1n) is 6.87. The molecular formula is C16H14N2O2S. The van der Waals surface area contributed by atoms with E-state index in [-0.39, 0.29) is 0 Å². The average molecular weight is 298 g/mol. The van der Waals surface area contributed by atoms with Crippen LogP contribution >= 0.6 is 11.5 Å². The molecule has 21 heavy (non-hydrogen) atoms. The van der Waals surface area contributed by atoms with E-state index in [1.165, 1.54) is 21.6 Å². The lowest BCUT2D eigenvalue weighted by molar-refractivity contribution is 0.171. The van der Waals surface area contributed by atoms with E-state index in [4.69, 9.17) is 9.47 Å². The van der Waals surface area contributed by atoms with Crippen LogP contribution < -0.4 is 14.8 Å². The van der Waals surface area contributed by atoms with Crippen LogP contribution in [0.25, 0.3) is 10.1 Å². The van der Waals surface area contributed by atoms with Gasteiger partial charge in [-0.3, -0.25) is 0 Å². The van der Waals surface area contributed by atoms with Gasteiger partial charge in [-0.2, -0.15) is 4.37 Å². The van der Waals surface area contributed by atoms with Gasteiger partial charge in [0.1, 0.15) is 19.0 Å². The summed E-state index contributed by atoms with van der Waals surface area (Å²) in [6.45, 7) is 1.94. The molecule has 0 bridgehead atoms. The second-order valence-electron chi connectivity index (χ2n) is 4.86. The number of aromatic nitrogens is 1. The molecule has 106 valence electrons. The molecule has 2 heterocycles. The number of benzene rings is 2. The van der Waals surface area contributed by atoms with E-state index >= 15 is 0 Å². The zero-order valence-corrected chi connectivity index (χ0v) is 12.2. The SMILES string of the molecule is c1ccc2c(NCc3ccc4c(c3)OCCO4)nsc2c1. The molecule has 1 aliphatic heterocycles. The Bertz CT molecular complexity index is 785. The molecule has 5 heteroatoms. The smallest absolute Gasteiger partial charge is 0.161 e. The number of nitrogens with zero attached hydrogens (tertiary/aromatic N) is 1. The van der Waals surface area contributed by atoms with Crippen LogP contribution in [0.15, 0.2) is 42.5 Å². The number of ether oxygens (including phenoxy) is 2. The van der Waals surface area contributed by atoms with E-state index in [9.17, 15) is 0 Å². The Kier molecular flexibility index (Phi) is 3.12. The first kappa shape index (κ1) is 12.5. The maximum Gasteiger partial charge on any atom is 0.161 e. The molecule has 1 N–H and O–H groups in total. The fourth-order valence-electron chi connectivity index (χ4n) is 2.40. The van der Waals surface area contributed by atoms with Crippen molar-refractivity contribution in [1.82, 2.24) is 4.37 Å². The van der Waals surface area contributed by atoms with Crippen molar-refractivity contribution >= 4 is 27.4 Å². The first-order chi connectivity index (χ1) is 10.4. The molecule has 0 radical (unpaired) electrons. The van der Waals surface area contributed by atoms with Gasteiger partial charge in [-0.1, -0.05) is 18.2 Å². The monoisotopic (exact) mass is 298 g/mol. The molecule has 4 nitrogen and oxygen atoms in total. The van der Waals surface area contributed by atoms with Crippen LogP contribution in [0, 0.1) is 0 Å². The molecule has 0 amide bonds. The number of fused-ring (bicyclic) bond motifs is 2. The first-order valence-corrected chi connectivity index (χ1v) is 7.64. The Morgan fingerprint density at radius 2 is 1.90 bits per heavy atom. The number of nitrogens with one attached hydrogen (secondary N) is 1. The summed E-state index contributed by atoms with van der Waals surface area (Å²) in [5.74, 6) is 2.58. The van der Waals surface area contributed by atoms with Crippen LogP contribution in [0.3, 0.4) is 0 Å². The molecule has 1 aromatic heterocycles. The van der Waals surface area contributed by atoms with Gasteiger partial charge in [-0.05, 0) is 41.4 Å². The maximum atomic E-state index is 5.61. The molecule has 0 fully saturated rings. The van der Waals surface area contributed by atoms with Crippen molar-refractivity contribution in [2.24, 2.45) is 0 Å². The van der Waals surface area contributed by atoms with Crippen molar-refractivity contribution in [2.45, 2.75) is 6.54 Å². The minimum absolute atomic E-state index is 0.612. The fraction of sp³-hybridized carbons (Fsp3) is 0.188. The third kappa shape index (κ3) is 2.40. The van der Waals surface area contributed by atoms with Gasteiger partial charge in [-0.15, -0.1) is 0 Å². The second-order valence-corrected chi connectivity index (χ2v) is 5.66. The highest BCUT2D eigenvalue weighted by atomic mass is 32.1. The third-order valence-electron chi connectivity index (χ3n) is 3.44. The van der Waals surface area contributed by atoms with Gasteiger partial charge in [0.05, 0.1) is 4.70 Å². The number of hydrogen-bond acceptors (Lipinski definition) is 5. The summed E-state index contributed by atoms with van der Waals surface area (Å²) in [5.41, 5.74) is 1.15. The zero-order valence-electron chi connectivity index (χ0n) is 11.3. The topological polar surface area (TPSA) is 43.4 Å². The lowest BCUT2D eigenvalue weighted by Gasteiger charge is -2.18. The summed E-state index contributed by atoms with van der Waals surface area (Å²) >= 11 is 1.51. The molecular weight excluding hydrogens is 284 g/mol. The number of anilines is 1. The molecule has 0 saturated heterocycles. The summed E-state index contributed by atoms with van der Waals surface area (Å²) < 4.78 is 16.8. The molecule has 0 atom stereocenters. The van der Waals surface area contributed by atoms with E-state index in [1.54, 1.807) is 0 Å². The van der Waals surface area contributed by atoms with Crippen molar-refractivity contribution in [3.8, 4) is 11.5 Å². The Balaban J connectivity index is 1.54. The quantitative estimate of drug-likeness (QED) is 0.801. The van der Waals surface area contributed by atoms with E-state index < -0.39 is 0 Å². The highest BCUT2D eigenvalue weighted by Gasteiger charge is 2.12. The Labute approximate surface area is 126 Å². The molecule has 0 aliphatic carbocycles. The third-order valence-corrected chi connectivity index (χ3v) is 4.27. The van der Waals surface area contributed by atoms with E-state index in [2.05, 4.69) is 27.9 Å². The van der Waals surface area contributed by atoms with Gasteiger partial charge in [0.2, 0.25) is 0 Å². The number of hydrogen-bond donors (Lipinski definition) is 1. The van der Waals surface area contributed by atoms with Gasteiger partial charge >= 0.3 is 0 Å².